The van der Waals surface area contributed by atoms with Crippen LogP contribution >= 0.6 is 0 Å². The molecule has 1 heterocycles. The lowest BCUT2D eigenvalue weighted by atomic mass is 10.1. The molecule has 0 aromatic heterocycles. The monoisotopic (exact) mass is 165 g/mol. The van der Waals surface area contributed by atoms with Crippen LogP contribution in [0.1, 0.15) is 10.4 Å². The number of hydrogen-bond donors (Lipinski definition) is 0. The van der Waals surface area contributed by atoms with Crippen LogP contribution in [0.2, 0.25) is 0 Å². The third kappa shape index (κ3) is 0.689. The smallest absolute Gasteiger partial charge is 0.283 e. The first-order valence-electron chi connectivity index (χ1n) is 3.35. The van der Waals surface area contributed by atoms with E-state index in [1.54, 1.807) is 12.1 Å². The second-order valence-electron chi connectivity index (χ2n) is 2.43. The van der Waals surface area contributed by atoms with Crippen molar-refractivity contribution in [2.45, 2.75) is 0 Å². The lowest BCUT2D eigenvalue weighted by Crippen LogP contribution is -2.20. The molecule has 0 atom stereocenters. The largest absolute Gasteiger partial charge is 0.327 e. The fraction of sp³-hybridized carbons (Fsp3) is 0. The average Bonchev–Trinajstić information content (AvgIpc) is 2.33. The van der Waals surface area contributed by atoms with E-state index < -0.39 is 11.7 Å². The van der Waals surface area contributed by atoms with E-state index in [2.05, 4.69) is 0 Å². The molecule has 1 aromatic carbocycles. The first kappa shape index (κ1) is 6.97. The standard InChI is InChI=1S/C8H4FNO2/c9-10-6-4-2-1-3-5(6)7(11)8(10)12/h1-4H. The number of amides is 1. The Kier molecular flexibility index (Phi) is 1.24. The molecule has 0 saturated heterocycles. The van der Waals surface area contributed by atoms with Crippen LogP contribution in [0.15, 0.2) is 24.3 Å². The molecule has 0 fully saturated rings. The van der Waals surface area contributed by atoms with Crippen LogP contribution in [0.4, 0.5) is 10.2 Å². The van der Waals surface area contributed by atoms with Crippen molar-refractivity contribution < 1.29 is 14.1 Å². The van der Waals surface area contributed by atoms with Gasteiger partial charge >= 0.3 is 5.91 Å². The van der Waals surface area contributed by atoms with Gasteiger partial charge in [0.2, 0.25) is 0 Å². The molecular formula is C8H4FNO2. The zero-order valence-electron chi connectivity index (χ0n) is 5.95. The molecule has 3 nitrogen and oxygen atoms in total. The number of Topliss-reactive ketones (excluding diaryl/α,β-unsaturated/α-hetero) is 1. The number of nitrogens with zero attached hydrogens (tertiary/aromatic N) is 1. The average molecular weight is 165 g/mol. The SMILES string of the molecule is O=C1C(=O)N(F)c2ccccc21. The second-order valence-corrected chi connectivity index (χ2v) is 2.43. The highest BCUT2D eigenvalue weighted by molar-refractivity contribution is 6.51. The Labute approximate surface area is 67.3 Å². The number of halogens is 1. The zero-order valence-corrected chi connectivity index (χ0v) is 5.95. The quantitative estimate of drug-likeness (QED) is 0.426. The third-order valence-electron chi connectivity index (χ3n) is 1.73. The number of rotatable bonds is 0. The highest BCUT2D eigenvalue weighted by Crippen LogP contribution is 2.28. The molecule has 1 aliphatic heterocycles. The van der Waals surface area contributed by atoms with Gasteiger partial charge in [-0.15, -0.1) is 5.12 Å². The van der Waals surface area contributed by atoms with E-state index in [9.17, 15) is 14.1 Å². The molecule has 4 heteroatoms. The number of carbonyl (C=O) groups excluding carboxylic acids is 2. The minimum atomic E-state index is -1.11. The second kappa shape index (κ2) is 2.14. The van der Waals surface area contributed by atoms with Crippen molar-refractivity contribution in [3.63, 3.8) is 0 Å². The molecule has 0 unspecified atom stereocenters. The summed E-state index contributed by atoms with van der Waals surface area (Å²) in [7, 11) is 0. The maximum atomic E-state index is 12.8. The number of carbonyl (C=O) groups is 2. The Hall–Kier alpha value is -1.71. The molecule has 12 heavy (non-hydrogen) atoms. The van der Waals surface area contributed by atoms with Crippen LogP contribution in [-0.4, -0.2) is 11.7 Å². The molecule has 60 valence electrons. The summed E-state index contributed by atoms with van der Waals surface area (Å²) in [5.74, 6) is -1.90. The van der Waals surface area contributed by atoms with Crippen molar-refractivity contribution >= 4 is 17.4 Å². The van der Waals surface area contributed by atoms with Gasteiger partial charge in [-0.25, -0.2) is 0 Å². The van der Waals surface area contributed by atoms with Crippen LogP contribution in [0.25, 0.3) is 0 Å². The van der Waals surface area contributed by atoms with Crippen LogP contribution in [0.5, 0.6) is 0 Å². The fourth-order valence-electron chi connectivity index (χ4n) is 1.15. The van der Waals surface area contributed by atoms with Gasteiger partial charge in [-0.2, -0.15) is 0 Å². The highest BCUT2D eigenvalue weighted by atomic mass is 19.2. The van der Waals surface area contributed by atoms with Gasteiger partial charge in [0.15, 0.2) is 0 Å². The molecule has 2 rings (SSSR count). The normalized spacial score (nSPS) is 15.2. The Bertz CT molecular complexity index is 375. The van der Waals surface area contributed by atoms with Gasteiger partial charge < -0.3 is 0 Å². The summed E-state index contributed by atoms with van der Waals surface area (Å²) in [6.45, 7) is 0. The molecular weight excluding hydrogens is 161 g/mol. The Morgan fingerprint density at radius 3 is 2.50 bits per heavy atom. The Morgan fingerprint density at radius 2 is 1.83 bits per heavy atom. The summed E-state index contributed by atoms with van der Waals surface area (Å²) < 4.78 is 12.8. The van der Waals surface area contributed by atoms with E-state index in [1.807, 2.05) is 0 Å². The van der Waals surface area contributed by atoms with E-state index in [4.69, 9.17) is 0 Å². The molecule has 0 N–H and O–H groups in total. The van der Waals surface area contributed by atoms with E-state index in [0.717, 1.165) is 0 Å². The van der Waals surface area contributed by atoms with Crippen molar-refractivity contribution in [3.8, 4) is 0 Å². The first-order valence-corrected chi connectivity index (χ1v) is 3.35. The number of ketones is 1. The fourth-order valence-corrected chi connectivity index (χ4v) is 1.15. The van der Waals surface area contributed by atoms with E-state index >= 15 is 0 Å². The highest BCUT2D eigenvalue weighted by Gasteiger charge is 2.35. The molecule has 0 saturated carbocycles. The van der Waals surface area contributed by atoms with E-state index in [-0.39, 0.29) is 16.4 Å². The molecule has 0 spiro atoms. The van der Waals surface area contributed by atoms with Gasteiger partial charge in [-0.1, -0.05) is 16.6 Å². The molecule has 0 aliphatic carbocycles. The van der Waals surface area contributed by atoms with Crippen molar-refractivity contribution in [1.29, 1.82) is 0 Å². The van der Waals surface area contributed by atoms with E-state index in [0.29, 0.717) is 0 Å². The van der Waals surface area contributed by atoms with Crippen LogP contribution < -0.4 is 5.12 Å². The lowest BCUT2D eigenvalue weighted by molar-refractivity contribution is -0.116. The molecule has 0 radical (unpaired) electrons. The summed E-state index contributed by atoms with van der Waals surface area (Å²) >= 11 is 0. The van der Waals surface area contributed by atoms with Gasteiger partial charge in [0.05, 0.1) is 11.3 Å². The van der Waals surface area contributed by atoms with Gasteiger partial charge in [-0.3, -0.25) is 9.59 Å². The van der Waals surface area contributed by atoms with Crippen LogP contribution in [0, 0.1) is 0 Å². The summed E-state index contributed by atoms with van der Waals surface area (Å²) in [5.41, 5.74) is 0.164. The summed E-state index contributed by atoms with van der Waals surface area (Å²) in [4.78, 5) is 21.7. The van der Waals surface area contributed by atoms with Crippen LogP contribution in [0.3, 0.4) is 0 Å². The van der Waals surface area contributed by atoms with E-state index in [1.165, 1.54) is 12.1 Å². The van der Waals surface area contributed by atoms with Crippen molar-refractivity contribution in [3.05, 3.63) is 29.8 Å². The summed E-state index contributed by atoms with van der Waals surface area (Å²) in [6.07, 6.45) is 0. The maximum Gasteiger partial charge on any atom is 0.327 e. The number of hydrogen-bond acceptors (Lipinski definition) is 2. The molecule has 1 aliphatic rings. The first-order chi connectivity index (χ1) is 5.72. The van der Waals surface area contributed by atoms with Crippen molar-refractivity contribution in [2.24, 2.45) is 0 Å². The summed E-state index contributed by atoms with van der Waals surface area (Å²) in [5, 5.41) is -0.127. The van der Waals surface area contributed by atoms with Crippen molar-refractivity contribution in [1.82, 2.24) is 0 Å². The maximum absolute atomic E-state index is 12.8. The number of para-hydroxylation sites is 1. The van der Waals surface area contributed by atoms with Gasteiger partial charge in [-0.05, 0) is 12.1 Å². The van der Waals surface area contributed by atoms with Gasteiger partial charge in [0, 0.05) is 0 Å². The third-order valence-corrected chi connectivity index (χ3v) is 1.73. The van der Waals surface area contributed by atoms with Crippen molar-refractivity contribution in [2.75, 3.05) is 5.12 Å². The van der Waals surface area contributed by atoms with Gasteiger partial charge in [0.25, 0.3) is 5.78 Å². The minimum absolute atomic E-state index is 0.0347. The zero-order chi connectivity index (χ0) is 8.72. The number of benzene rings is 1. The molecule has 0 bridgehead atoms. The van der Waals surface area contributed by atoms with Crippen LogP contribution in [-0.2, 0) is 4.79 Å². The Morgan fingerprint density at radius 1 is 1.17 bits per heavy atom. The number of fused-ring (bicyclic) bond motifs is 1. The molecule has 1 amide bonds. The summed E-state index contributed by atoms with van der Waals surface area (Å²) in [6, 6.07) is 5.97. The lowest BCUT2D eigenvalue weighted by Gasteiger charge is -2.00. The van der Waals surface area contributed by atoms with Gasteiger partial charge in [0.1, 0.15) is 0 Å². The minimum Gasteiger partial charge on any atom is -0.283 e. The predicted octanol–water partition coefficient (Wildman–Crippen LogP) is 1.10. The molecule has 1 aromatic rings. The predicted molar refractivity (Wildman–Crippen MR) is 39.4 cm³/mol. The number of anilines is 1. The topological polar surface area (TPSA) is 37.4 Å². The Balaban J connectivity index is 2.67.